The van der Waals surface area contributed by atoms with Crippen molar-refractivity contribution in [1.82, 2.24) is 15.5 Å². The van der Waals surface area contributed by atoms with Crippen molar-refractivity contribution in [3.63, 3.8) is 0 Å². The molecule has 2 rings (SSSR count). The second-order valence-corrected chi connectivity index (χ2v) is 7.98. The van der Waals surface area contributed by atoms with Crippen molar-refractivity contribution in [2.24, 2.45) is 5.92 Å². The third kappa shape index (κ3) is 6.44. The number of nitrogens with one attached hydrogen (secondary N) is 3. The van der Waals surface area contributed by atoms with Crippen molar-refractivity contribution >= 4 is 23.5 Å². The van der Waals surface area contributed by atoms with Crippen molar-refractivity contribution in [2.45, 2.75) is 39.2 Å². The number of likely N-dealkylation sites (tertiary alicyclic amines) is 1. The lowest BCUT2D eigenvalue weighted by atomic mass is 9.97. The van der Waals surface area contributed by atoms with Crippen molar-refractivity contribution in [3.8, 4) is 5.75 Å². The zero-order valence-corrected chi connectivity index (χ0v) is 17.0. The number of rotatable bonds is 4. The largest absolute Gasteiger partial charge is 0.495 e. The van der Waals surface area contributed by atoms with E-state index in [1.165, 1.54) is 7.11 Å². The van der Waals surface area contributed by atoms with Crippen molar-refractivity contribution in [2.75, 3.05) is 32.1 Å². The maximum Gasteiger partial charge on any atom is 0.317 e. The van der Waals surface area contributed by atoms with Crippen LogP contribution in [0.25, 0.3) is 0 Å². The molecule has 8 heteroatoms. The smallest absolute Gasteiger partial charge is 0.317 e. The maximum absolute atomic E-state index is 12.2. The summed E-state index contributed by atoms with van der Waals surface area (Å²) in [5.41, 5.74) is 0.180. The van der Waals surface area contributed by atoms with Gasteiger partial charge in [-0.1, -0.05) is 12.1 Å². The Bertz CT molecular complexity index is 706. The molecule has 0 radical (unpaired) electrons. The van der Waals surface area contributed by atoms with E-state index in [0.29, 0.717) is 31.1 Å². The average molecular weight is 390 g/mol. The highest BCUT2D eigenvalue weighted by molar-refractivity contribution is 6.39. The monoisotopic (exact) mass is 390 g/mol. The molecular weight excluding hydrogens is 360 g/mol. The van der Waals surface area contributed by atoms with Gasteiger partial charge in [-0.05, 0) is 51.7 Å². The second kappa shape index (κ2) is 9.43. The standard InChI is InChI=1S/C20H30N4O4/c1-20(2,3)23-19(27)24-11-9-14(10-12-24)13-21-17(25)18(26)22-15-7-5-6-8-16(15)28-4/h5-8,14H,9-13H2,1-4H3,(H,21,25)(H,22,26)(H,23,27). The summed E-state index contributed by atoms with van der Waals surface area (Å²) in [7, 11) is 1.50. The SMILES string of the molecule is COc1ccccc1NC(=O)C(=O)NCC1CCN(C(=O)NC(C)(C)C)CC1. The number of para-hydroxylation sites is 2. The summed E-state index contributed by atoms with van der Waals surface area (Å²) < 4.78 is 5.16. The number of benzene rings is 1. The zero-order valence-electron chi connectivity index (χ0n) is 17.0. The molecule has 154 valence electrons. The van der Waals surface area contributed by atoms with Gasteiger partial charge in [0.2, 0.25) is 0 Å². The first-order valence-corrected chi connectivity index (χ1v) is 9.49. The number of anilines is 1. The lowest BCUT2D eigenvalue weighted by Gasteiger charge is -2.34. The van der Waals surface area contributed by atoms with Crippen molar-refractivity contribution in [3.05, 3.63) is 24.3 Å². The Balaban J connectivity index is 1.75. The lowest BCUT2D eigenvalue weighted by Crippen LogP contribution is -2.51. The number of piperidine rings is 1. The summed E-state index contributed by atoms with van der Waals surface area (Å²) in [6.45, 7) is 7.52. The summed E-state index contributed by atoms with van der Waals surface area (Å²) in [5, 5.41) is 8.19. The fourth-order valence-corrected chi connectivity index (χ4v) is 2.98. The Morgan fingerprint density at radius 3 is 2.36 bits per heavy atom. The highest BCUT2D eigenvalue weighted by Crippen LogP contribution is 2.23. The number of ether oxygens (including phenoxy) is 1. The van der Waals surface area contributed by atoms with Crippen LogP contribution in [0.3, 0.4) is 0 Å². The van der Waals surface area contributed by atoms with E-state index in [9.17, 15) is 14.4 Å². The van der Waals surface area contributed by atoms with Crippen LogP contribution < -0.4 is 20.7 Å². The fourth-order valence-electron chi connectivity index (χ4n) is 2.98. The summed E-state index contributed by atoms with van der Waals surface area (Å²) in [6, 6.07) is 6.84. The van der Waals surface area contributed by atoms with Gasteiger partial charge >= 0.3 is 17.8 Å². The molecule has 0 aliphatic carbocycles. The van der Waals surface area contributed by atoms with E-state index in [4.69, 9.17) is 4.74 Å². The Kier molecular flexibility index (Phi) is 7.25. The molecule has 0 saturated carbocycles. The maximum atomic E-state index is 12.2. The number of urea groups is 1. The van der Waals surface area contributed by atoms with Crippen LogP contribution in [0.4, 0.5) is 10.5 Å². The molecule has 1 aromatic carbocycles. The molecule has 1 aliphatic rings. The van der Waals surface area contributed by atoms with Crippen LogP contribution in [0.5, 0.6) is 5.75 Å². The summed E-state index contributed by atoms with van der Waals surface area (Å²) in [4.78, 5) is 38.1. The molecule has 0 unspecified atom stereocenters. The third-order valence-corrected chi connectivity index (χ3v) is 4.50. The number of nitrogens with zero attached hydrogens (tertiary/aromatic N) is 1. The predicted molar refractivity (Wildman–Crippen MR) is 107 cm³/mol. The molecule has 1 fully saturated rings. The molecule has 28 heavy (non-hydrogen) atoms. The number of carbonyl (C=O) groups excluding carboxylic acids is 3. The van der Waals surface area contributed by atoms with E-state index in [0.717, 1.165) is 12.8 Å². The quantitative estimate of drug-likeness (QED) is 0.685. The molecule has 0 bridgehead atoms. The highest BCUT2D eigenvalue weighted by atomic mass is 16.5. The molecule has 0 atom stereocenters. The minimum atomic E-state index is -0.730. The molecule has 0 aromatic heterocycles. The Labute approximate surface area is 166 Å². The molecule has 8 nitrogen and oxygen atoms in total. The van der Waals surface area contributed by atoms with E-state index in [1.54, 1.807) is 29.2 Å². The van der Waals surface area contributed by atoms with Crippen molar-refractivity contribution in [1.29, 1.82) is 0 Å². The number of hydrogen-bond donors (Lipinski definition) is 3. The molecule has 3 N–H and O–H groups in total. The van der Waals surface area contributed by atoms with Gasteiger partial charge in [0.15, 0.2) is 0 Å². The molecule has 1 aromatic rings. The predicted octanol–water partition coefficient (Wildman–Crippen LogP) is 1.97. The second-order valence-electron chi connectivity index (χ2n) is 7.98. The summed E-state index contributed by atoms with van der Waals surface area (Å²) in [5.74, 6) is -0.684. The molecule has 1 aliphatic heterocycles. The van der Waals surface area contributed by atoms with E-state index in [1.807, 2.05) is 20.8 Å². The van der Waals surface area contributed by atoms with Gasteiger partial charge in [0.25, 0.3) is 0 Å². The van der Waals surface area contributed by atoms with Gasteiger partial charge in [0.05, 0.1) is 12.8 Å². The van der Waals surface area contributed by atoms with Crippen LogP contribution in [0, 0.1) is 5.92 Å². The van der Waals surface area contributed by atoms with Crippen LogP contribution >= 0.6 is 0 Å². The lowest BCUT2D eigenvalue weighted by molar-refractivity contribution is -0.136. The first kappa shape index (κ1) is 21.5. The number of hydrogen-bond acceptors (Lipinski definition) is 4. The van der Waals surface area contributed by atoms with Gasteiger partial charge in [-0.15, -0.1) is 0 Å². The molecule has 4 amide bonds. The first-order chi connectivity index (χ1) is 13.2. The molecule has 0 spiro atoms. The van der Waals surface area contributed by atoms with Crippen LogP contribution in [0.1, 0.15) is 33.6 Å². The van der Waals surface area contributed by atoms with Crippen LogP contribution in [0.2, 0.25) is 0 Å². The van der Waals surface area contributed by atoms with Gasteiger partial charge in [-0.3, -0.25) is 9.59 Å². The number of carbonyl (C=O) groups is 3. The first-order valence-electron chi connectivity index (χ1n) is 9.49. The number of methoxy groups -OCH3 is 1. The van der Waals surface area contributed by atoms with E-state index in [2.05, 4.69) is 16.0 Å². The van der Waals surface area contributed by atoms with Gasteiger partial charge in [0.1, 0.15) is 5.75 Å². The Hall–Kier alpha value is -2.77. The third-order valence-electron chi connectivity index (χ3n) is 4.50. The zero-order chi connectivity index (χ0) is 20.7. The van der Waals surface area contributed by atoms with Gasteiger partial charge in [0, 0.05) is 25.2 Å². The van der Waals surface area contributed by atoms with E-state index in [-0.39, 0.29) is 17.5 Å². The Morgan fingerprint density at radius 2 is 1.75 bits per heavy atom. The Morgan fingerprint density at radius 1 is 1.11 bits per heavy atom. The number of amides is 4. The summed E-state index contributed by atoms with van der Waals surface area (Å²) in [6.07, 6.45) is 1.57. The molecular formula is C20H30N4O4. The van der Waals surface area contributed by atoms with Gasteiger partial charge in [-0.2, -0.15) is 0 Å². The van der Waals surface area contributed by atoms with Crippen LogP contribution in [-0.2, 0) is 9.59 Å². The highest BCUT2D eigenvalue weighted by Gasteiger charge is 2.26. The van der Waals surface area contributed by atoms with Gasteiger partial charge in [-0.25, -0.2) is 4.79 Å². The van der Waals surface area contributed by atoms with E-state index < -0.39 is 11.8 Å². The van der Waals surface area contributed by atoms with E-state index >= 15 is 0 Å². The molecule has 1 saturated heterocycles. The molecule has 1 heterocycles. The van der Waals surface area contributed by atoms with Crippen molar-refractivity contribution < 1.29 is 19.1 Å². The average Bonchev–Trinajstić information content (AvgIpc) is 2.65. The minimum absolute atomic E-state index is 0.0637. The minimum Gasteiger partial charge on any atom is -0.495 e. The summed E-state index contributed by atoms with van der Waals surface area (Å²) >= 11 is 0. The van der Waals surface area contributed by atoms with Crippen LogP contribution in [-0.4, -0.2) is 55.0 Å². The normalized spacial score (nSPS) is 14.9. The topological polar surface area (TPSA) is 99.8 Å². The van der Waals surface area contributed by atoms with Gasteiger partial charge < -0.3 is 25.6 Å². The van der Waals surface area contributed by atoms with Crippen LogP contribution in [0.15, 0.2) is 24.3 Å². The fraction of sp³-hybridized carbons (Fsp3) is 0.550.